The van der Waals surface area contributed by atoms with Crippen LogP contribution in [0, 0.1) is 5.82 Å². The van der Waals surface area contributed by atoms with Gasteiger partial charge in [-0.15, -0.1) is 0 Å². The van der Waals surface area contributed by atoms with Crippen molar-refractivity contribution in [2.24, 2.45) is 0 Å². The zero-order chi connectivity index (χ0) is 21.7. The molecule has 2 aromatic rings. The molecule has 0 aromatic heterocycles. The van der Waals surface area contributed by atoms with E-state index in [-0.39, 0.29) is 37.6 Å². The van der Waals surface area contributed by atoms with Gasteiger partial charge in [0, 0.05) is 26.2 Å². The molecule has 1 aliphatic rings. The maximum Gasteiger partial charge on any atom is 0.397 e. The van der Waals surface area contributed by atoms with Gasteiger partial charge in [-0.05, 0) is 24.3 Å². The van der Waals surface area contributed by atoms with Crippen molar-refractivity contribution in [2.45, 2.75) is 12.6 Å². The van der Waals surface area contributed by atoms with E-state index in [4.69, 9.17) is 4.74 Å². The summed E-state index contributed by atoms with van der Waals surface area (Å²) >= 11 is 0. The number of hydrogen-bond donors (Lipinski definition) is 1. The number of nitrogens with zero attached hydrogens (tertiary/aromatic N) is 2. The van der Waals surface area contributed by atoms with Crippen LogP contribution < -0.4 is 10.1 Å². The zero-order valence-electron chi connectivity index (χ0n) is 15.8. The molecular weight excluding hydrogens is 406 g/mol. The summed E-state index contributed by atoms with van der Waals surface area (Å²) in [6.45, 7) is -0.0164. The van der Waals surface area contributed by atoms with Crippen molar-refractivity contribution in [1.29, 1.82) is 0 Å². The van der Waals surface area contributed by atoms with Crippen LogP contribution in [0.15, 0.2) is 48.5 Å². The fourth-order valence-electron chi connectivity index (χ4n) is 2.95. The average Bonchev–Trinajstić information content (AvgIpc) is 2.70. The summed E-state index contributed by atoms with van der Waals surface area (Å²) in [7, 11) is 0. The Bertz CT molecular complexity index is 898. The fourth-order valence-corrected chi connectivity index (χ4v) is 2.95. The van der Waals surface area contributed by atoms with Crippen LogP contribution in [0.1, 0.15) is 6.42 Å². The van der Waals surface area contributed by atoms with E-state index in [1.165, 1.54) is 23.1 Å². The summed E-state index contributed by atoms with van der Waals surface area (Å²) in [4.78, 5) is 26.6. The molecule has 30 heavy (non-hydrogen) atoms. The van der Waals surface area contributed by atoms with E-state index < -0.39 is 30.4 Å². The standard InChI is InChI=1S/C20H19F4N3O3/c21-15-7-4-8-16(30-14-5-2-1-3-6-14)18(15)25-19(29)27-11-9-26(10-12-27)17(28)13-20(22,23)24/h1-8H,9-13H2,(H,25,29). The third kappa shape index (κ3) is 5.62. The number of ether oxygens (including phenoxy) is 1. The largest absolute Gasteiger partial charge is 0.455 e. The number of para-hydroxylation sites is 2. The van der Waals surface area contributed by atoms with Crippen LogP contribution in [-0.4, -0.2) is 54.1 Å². The lowest BCUT2D eigenvalue weighted by Crippen LogP contribution is -2.52. The SMILES string of the molecule is O=C(CC(F)(F)F)N1CCN(C(=O)Nc2c(F)cccc2Oc2ccccc2)CC1. The van der Waals surface area contributed by atoms with Gasteiger partial charge in [0.25, 0.3) is 0 Å². The van der Waals surface area contributed by atoms with E-state index in [1.54, 1.807) is 30.3 Å². The molecule has 3 rings (SSSR count). The summed E-state index contributed by atoms with van der Waals surface area (Å²) in [5.41, 5.74) is -0.151. The van der Waals surface area contributed by atoms with Gasteiger partial charge in [-0.1, -0.05) is 24.3 Å². The second-order valence-electron chi connectivity index (χ2n) is 6.62. The molecule has 0 bridgehead atoms. The molecule has 2 aromatic carbocycles. The van der Waals surface area contributed by atoms with Gasteiger partial charge in [-0.3, -0.25) is 4.79 Å². The maximum absolute atomic E-state index is 14.3. The first kappa shape index (κ1) is 21.4. The number of anilines is 1. The monoisotopic (exact) mass is 425 g/mol. The van der Waals surface area contributed by atoms with E-state index in [1.807, 2.05) is 0 Å². The Kier molecular flexibility index (Phi) is 6.43. The minimum Gasteiger partial charge on any atom is -0.455 e. The molecule has 0 spiro atoms. The summed E-state index contributed by atoms with van der Waals surface area (Å²) in [6.07, 6.45) is -6.11. The van der Waals surface area contributed by atoms with Gasteiger partial charge in [0.2, 0.25) is 5.91 Å². The van der Waals surface area contributed by atoms with E-state index in [9.17, 15) is 27.2 Å². The van der Waals surface area contributed by atoms with Gasteiger partial charge in [0.15, 0.2) is 11.6 Å². The maximum atomic E-state index is 14.3. The van der Waals surface area contributed by atoms with E-state index in [2.05, 4.69) is 5.32 Å². The van der Waals surface area contributed by atoms with Crippen molar-refractivity contribution >= 4 is 17.6 Å². The average molecular weight is 425 g/mol. The van der Waals surface area contributed by atoms with Gasteiger partial charge in [-0.2, -0.15) is 13.2 Å². The van der Waals surface area contributed by atoms with E-state index in [0.717, 1.165) is 4.90 Å². The number of piperazine rings is 1. The highest BCUT2D eigenvalue weighted by atomic mass is 19.4. The number of halogens is 4. The molecule has 1 saturated heterocycles. The molecule has 160 valence electrons. The molecule has 10 heteroatoms. The molecule has 1 heterocycles. The highest BCUT2D eigenvalue weighted by molar-refractivity contribution is 5.91. The lowest BCUT2D eigenvalue weighted by molar-refractivity contribution is -0.162. The molecule has 6 nitrogen and oxygen atoms in total. The number of amides is 3. The van der Waals surface area contributed by atoms with Crippen LogP contribution in [0.4, 0.5) is 28.0 Å². The number of nitrogens with one attached hydrogen (secondary N) is 1. The van der Waals surface area contributed by atoms with Gasteiger partial charge >= 0.3 is 12.2 Å². The summed E-state index contributed by atoms with van der Waals surface area (Å²) in [5.74, 6) is -1.17. The van der Waals surface area contributed by atoms with Crippen LogP contribution in [0.2, 0.25) is 0 Å². The zero-order valence-corrected chi connectivity index (χ0v) is 15.8. The second-order valence-corrected chi connectivity index (χ2v) is 6.62. The first-order valence-corrected chi connectivity index (χ1v) is 9.15. The molecule has 1 fully saturated rings. The van der Waals surface area contributed by atoms with Crippen molar-refractivity contribution in [2.75, 3.05) is 31.5 Å². The molecule has 3 amide bonds. The summed E-state index contributed by atoms with van der Waals surface area (Å²) in [5, 5.41) is 2.45. The third-order valence-electron chi connectivity index (χ3n) is 4.45. The predicted molar refractivity (Wildman–Crippen MR) is 101 cm³/mol. The lowest BCUT2D eigenvalue weighted by Gasteiger charge is -2.35. The first-order chi connectivity index (χ1) is 14.2. The molecule has 1 aliphatic heterocycles. The quantitative estimate of drug-likeness (QED) is 0.746. The molecule has 0 saturated carbocycles. The van der Waals surface area contributed by atoms with Crippen molar-refractivity contribution in [3.63, 3.8) is 0 Å². The van der Waals surface area contributed by atoms with Crippen molar-refractivity contribution in [3.8, 4) is 11.5 Å². The number of hydrogen-bond acceptors (Lipinski definition) is 3. The minimum atomic E-state index is -4.58. The summed E-state index contributed by atoms with van der Waals surface area (Å²) in [6, 6.07) is 12.1. The Morgan fingerprint density at radius 2 is 1.57 bits per heavy atom. The first-order valence-electron chi connectivity index (χ1n) is 9.15. The van der Waals surface area contributed by atoms with Gasteiger partial charge < -0.3 is 19.9 Å². The topological polar surface area (TPSA) is 61.9 Å². The van der Waals surface area contributed by atoms with Gasteiger partial charge in [-0.25, -0.2) is 9.18 Å². The van der Waals surface area contributed by atoms with E-state index >= 15 is 0 Å². The van der Waals surface area contributed by atoms with Crippen LogP contribution in [0.5, 0.6) is 11.5 Å². The number of carbonyl (C=O) groups is 2. The Morgan fingerprint density at radius 1 is 0.933 bits per heavy atom. The molecular formula is C20H19F4N3O3. The number of alkyl halides is 3. The van der Waals surface area contributed by atoms with Crippen LogP contribution in [0.25, 0.3) is 0 Å². The normalized spacial score (nSPS) is 14.4. The fraction of sp³-hybridized carbons (Fsp3) is 0.300. The van der Waals surface area contributed by atoms with Crippen molar-refractivity contribution < 1.29 is 31.9 Å². The molecule has 1 N–H and O–H groups in total. The number of carbonyl (C=O) groups excluding carboxylic acids is 2. The van der Waals surface area contributed by atoms with Crippen LogP contribution >= 0.6 is 0 Å². The second kappa shape index (κ2) is 9.02. The number of urea groups is 1. The smallest absolute Gasteiger partial charge is 0.397 e. The van der Waals surface area contributed by atoms with Crippen LogP contribution in [-0.2, 0) is 4.79 Å². The van der Waals surface area contributed by atoms with Crippen molar-refractivity contribution in [3.05, 3.63) is 54.3 Å². The number of benzene rings is 2. The lowest BCUT2D eigenvalue weighted by atomic mass is 10.2. The van der Waals surface area contributed by atoms with Gasteiger partial charge in [0.1, 0.15) is 17.9 Å². The Labute approximate surface area is 170 Å². The van der Waals surface area contributed by atoms with Crippen molar-refractivity contribution in [1.82, 2.24) is 9.80 Å². The predicted octanol–water partition coefficient (Wildman–Crippen LogP) is 4.25. The third-order valence-corrected chi connectivity index (χ3v) is 4.45. The highest BCUT2D eigenvalue weighted by Gasteiger charge is 2.35. The highest BCUT2D eigenvalue weighted by Crippen LogP contribution is 2.32. The Morgan fingerprint density at radius 3 is 2.20 bits per heavy atom. The Hall–Kier alpha value is -3.30. The molecule has 0 radical (unpaired) electrons. The van der Waals surface area contributed by atoms with Gasteiger partial charge in [0.05, 0.1) is 0 Å². The van der Waals surface area contributed by atoms with E-state index in [0.29, 0.717) is 5.75 Å². The minimum absolute atomic E-state index is 0.0265. The van der Waals surface area contributed by atoms with Crippen LogP contribution in [0.3, 0.4) is 0 Å². The molecule has 0 unspecified atom stereocenters. The molecule has 0 aliphatic carbocycles. The molecule has 0 atom stereocenters. The number of rotatable bonds is 4. The Balaban J connectivity index is 1.62. The summed E-state index contributed by atoms with van der Waals surface area (Å²) < 4.78 is 57.1.